The summed E-state index contributed by atoms with van der Waals surface area (Å²) in [5.41, 5.74) is -0.667. The Morgan fingerprint density at radius 1 is 1.44 bits per heavy atom. The molecule has 2 atom stereocenters. The Morgan fingerprint density at radius 2 is 2.08 bits per heavy atom. The number of benzene rings is 1. The molecule has 25 heavy (non-hydrogen) atoms. The molecule has 2 amide bonds. The number of carbonyl (C=O) groups excluding carboxylic acids is 2. The zero-order valence-corrected chi connectivity index (χ0v) is 14.9. The largest absolute Gasteiger partial charge is 0.481 e. The second kappa shape index (κ2) is 7.00. The van der Waals surface area contributed by atoms with E-state index in [-0.39, 0.29) is 23.9 Å². The third-order valence-electron chi connectivity index (χ3n) is 4.49. The Hall–Kier alpha value is -2.15. The molecule has 8 heteroatoms. The molecule has 1 fully saturated rings. The molecule has 1 aromatic carbocycles. The summed E-state index contributed by atoms with van der Waals surface area (Å²) in [6, 6.07) is 3.54. The first-order chi connectivity index (χ1) is 11.5. The Kier molecular flexibility index (Phi) is 5.37. The summed E-state index contributed by atoms with van der Waals surface area (Å²) in [7, 11) is 1.55. The molecule has 0 spiro atoms. The minimum absolute atomic E-state index is 0.0231. The monoisotopic (exact) mass is 370 g/mol. The van der Waals surface area contributed by atoms with E-state index < -0.39 is 35.1 Å². The van der Waals surface area contributed by atoms with Crippen molar-refractivity contribution in [3.63, 3.8) is 0 Å². The van der Waals surface area contributed by atoms with E-state index in [1.807, 2.05) is 0 Å². The van der Waals surface area contributed by atoms with Gasteiger partial charge in [0.2, 0.25) is 11.8 Å². The third kappa shape index (κ3) is 3.92. The van der Waals surface area contributed by atoms with Crippen LogP contribution in [-0.2, 0) is 14.4 Å². The number of hydrogen-bond acceptors (Lipinski definition) is 3. The molecule has 0 aliphatic carbocycles. The molecule has 1 aliphatic heterocycles. The van der Waals surface area contributed by atoms with Gasteiger partial charge in [-0.05, 0) is 31.5 Å². The fraction of sp³-hybridized carbons (Fsp3) is 0.471. The first-order valence-corrected chi connectivity index (χ1v) is 8.14. The van der Waals surface area contributed by atoms with Crippen LogP contribution < -0.4 is 5.32 Å². The summed E-state index contributed by atoms with van der Waals surface area (Å²) in [6.07, 6.45) is -0.0231. The minimum Gasteiger partial charge on any atom is -0.481 e. The highest BCUT2D eigenvalue weighted by atomic mass is 35.5. The summed E-state index contributed by atoms with van der Waals surface area (Å²) in [6.45, 7) is 2.92. The summed E-state index contributed by atoms with van der Waals surface area (Å²) in [4.78, 5) is 37.1. The number of carbonyl (C=O) groups is 3. The van der Waals surface area contributed by atoms with Crippen molar-refractivity contribution in [3.8, 4) is 0 Å². The number of rotatable bonds is 5. The topological polar surface area (TPSA) is 86.7 Å². The van der Waals surface area contributed by atoms with Gasteiger partial charge in [-0.25, -0.2) is 4.39 Å². The first-order valence-electron chi connectivity index (χ1n) is 7.76. The van der Waals surface area contributed by atoms with Crippen molar-refractivity contribution in [2.75, 3.05) is 13.6 Å². The van der Waals surface area contributed by atoms with Crippen LogP contribution in [0.4, 0.5) is 4.39 Å². The van der Waals surface area contributed by atoms with Gasteiger partial charge in [0, 0.05) is 20.0 Å². The van der Waals surface area contributed by atoms with Crippen LogP contribution in [-0.4, -0.2) is 41.4 Å². The summed E-state index contributed by atoms with van der Waals surface area (Å²) in [5, 5.41) is 11.7. The lowest BCUT2D eigenvalue weighted by Gasteiger charge is -2.26. The van der Waals surface area contributed by atoms with Crippen molar-refractivity contribution in [1.82, 2.24) is 10.2 Å². The molecule has 0 radical (unpaired) electrons. The molecule has 1 heterocycles. The van der Waals surface area contributed by atoms with Crippen LogP contribution in [0.5, 0.6) is 0 Å². The van der Waals surface area contributed by atoms with E-state index in [4.69, 9.17) is 16.7 Å². The van der Waals surface area contributed by atoms with Crippen LogP contribution >= 0.6 is 11.6 Å². The van der Waals surface area contributed by atoms with Crippen LogP contribution in [0, 0.1) is 17.2 Å². The number of nitrogens with zero attached hydrogens (tertiary/aromatic N) is 1. The Balaban J connectivity index is 2.22. The Morgan fingerprint density at radius 3 is 2.64 bits per heavy atom. The van der Waals surface area contributed by atoms with Crippen molar-refractivity contribution >= 4 is 29.4 Å². The maximum absolute atomic E-state index is 13.8. The molecular weight excluding hydrogens is 351 g/mol. The van der Waals surface area contributed by atoms with E-state index in [0.29, 0.717) is 5.56 Å². The first kappa shape index (κ1) is 19.2. The predicted octanol–water partition coefficient (Wildman–Crippen LogP) is 2.23. The average molecular weight is 371 g/mol. The molecule has 0 bridgehead atoms. The summed E-state index contributed by atoms with van der Waals surface area (Å²) < 4.78 is 13.8. The number of likely N-dealkylation sites (tertiary alicyclic amines) is 1. The molecule has 1 saturated heterocycles. The number of carboxylic acids is 1. The van der Waals surface area contributed by atoms with E-state index >= 15 is 0 Å². The van der Waals surface area contributed by atoms with Gasteiger partial charge in [0.1, 0.15) is 5.82 Å². The number of nitrogens with one attached hydrogen (secondary N) is 1. The third-order valence-corrected chi connectivity index (χ3v) is 4.80. The summed E-state index contributed by atoms with van der Waals surface area (Å²) >= 11 is 5.69. The van der Waals surface area contributed by atoms with Gasteiger partial charge in [0.05, 0.1) is 22.4 Å². The van der Waals surface area contributed by atoms with Gasteiger partial charge < -0.3 is 15.3 Å². The highest BCUT2D eigenvalue weighted by Crippen LogP contribution is 2.38. The SMILES string of the molecule is CN1C(=O)CC(C(=O)NCC(C)(C)C(=O)O)C1c1ccc(Cl)c(F)c1. The van der Waals surface area contributed by atoms with Crippen LogP contribution in [0.2, 0.25) is 5.02 Å². The maximum Gasteiger partial charge on any atom is 0.310 e. The van der Waals surface area contributed by atoms with Crippen LogP contribution in [0.15, 0.2) is 18.2 Å². The number of aliphatic carboxylic acids is 1. The van der Waals surface area contributed by atoms with Crippen molar-refractivity contribution in [2.45, 2.75) is 26.3 Å². The number of hydrogen-bond donors (Lipinski definition) is 2. The number of carboxylic acid groups (broad SMARTS) is 1. The molecule has 0 saturated carbocycles. The molecule has 0 aromatic heterocycles. The highest BCUT2D eigenvalue weighted by Gasteiger charge is 2.43. The van der Waals surface area contributed by atoms with Gasteiger partial charge in [-0.15, -0.1) is 0 Å². The minimum atomic E-state index is -1.13. The van der Waals surface area contributed by atoms with Crippen LogP contribution in [0.1, 0.15) is 31.9 Å². The van der Waals surface area contributed by atoms with Gasteiger partial charge in [-0.3, -0.25) is 14.4 Å². The second-order valence-corrected chi connectivity index (χ2v) is 7.25. The fourth-order valence-corrected chi connectivity index (χ4v) is 2.89. The smallest absolute Gasteiger partial charge is 0.310 e. The molecular formula is C17H20ClFN2O4. The molecule has 2 unspecified atom stereocenters. The Labute approximate surface area is 149 Å². The zero-order valence-electron chi connectivity index (χ0n) is 14.2. The molecule has 1 aromatic rings. The molecule has 2 N–H and O–H groups in total. The van der Waals surface area contributed by atoms with Gasteiger partial charge in [-0.1, -0.05) is 17.7 Å². The molecule has 2 rings (SSSR count). The van der Waals surface area contributed by atoms with Crippen molar-refractivity contribution < 1.29 is 23.9 Å². The van der Waals surface area contributed by atoms with Gasteiger partial charge in [-0.2, -0.15) is 0 Å². The average Bonchev–Trinajstić information content (AvgIpc) is 2.83. The number of halogens is 2. The van der Waals surface area contributed by atoms with E-state index in [1.54, 1.807) is 13.1 Å². The van der Waals surface area contributed by atoms with Crippen molar-refractivity contribution in [3.05, 3.63) is 34.6 Å². The lowest BCUT2D eigenvalue weighted by Crippen LogP contribution is -2.42. The van der Waals surface area contributed by atoms with Crippen LogP contribution in [0.25, 0.3) is 0 Å². The molecule has 6 nitrogen and oxygen atoms in total. The fourth-order valence-electron chi connectivity index (χ4n) is 2.77. The lowest BCUT2D eigenvalue weighted by molar-refractivity contribution is -0.147. The molecule has 136 valence electrons. The van der Waals surface area contributed by atoms with Gasteiger partial charge >= 0.3 is 5.97 Å². The van der Waals surface area contributed by atoms with E-state index in [2.05, 4.69) is 5.32 Å². The van der Waals surface area contributed by atoms with Gasteiger partial charge in [0.15, 0.2) is 0 Å². The second-order valence-electron chi connectivity index (χ2n) is 6.84. The van der Waals surface area contributed by atoms with E-state index in [9.17, 15) is 18.8 Å². The highest BCUT2D eigenvalue weighted by molar-refractivity contribution is 6.30. The van der Waals surface area contributed by atoms with E-state index in [1.165, 1.54) is 30.9 Å². The summed E-state index contributed by atoms with van der Waals surface area (Å²) in [5.74, 6) is -3.07. The Bertz CT molecular complexity index is 723. The molecule has 1 aliphatic rings. The quantitative estimate of drug-likeness (QED) is 0.832. The number of amides is 2. The van der Waals surface area contributed by atoms with Crippen LogP contribution in [0.3, 0.4) is 0 Å². The maximum atomic E-state index is 13.8. The van der Waals surface area contributed by atoms with Crippen molar-refractivity contribution in [2.24, 2.45) is 11.3 Å². The van der Waals surface area contributed by atoms with Crippen molar-refractivity contribution in [1.29, 1.82) is 0 Å². The predicted molar refractivity (Wildman–Crippen MR) is 89.5 cm³/mol. The lowest BCUT2D eigenvalue weighted by atomic mass is 9.91. The normalized spacial score (nSPS) is 20.7. The van der Waals surface area contributed by atoms with E-state index in [0.717, 1.165) is 0 Å². The standard InChI is InChI=1S/C17H20ClFN2O4/c1-17(2,16(24)25)8-20-15(23)10-7-13(22)21(3)14(10)9-4-5-11(18)12(19)6-9/h4-6,10,14H,7-8H2,1-3H3,(H,20,23)(H,24,25). The zero-order chi connectivity index (χ0) is 18.9. The van der Waals surface area contributed by atoms with Gasteiger partial charge in [0.25, 0.3) is 0 Å².